The molecule has 0 bridgehead atoms. The van der Waals surface area contributed by atoms with E-state index in [2.05, 4.69) is 27.9 Å². The number of hydrogen-bond acceptors (Lipinski definition) is 2. The van der Waals surface area contributed by atoms with Crippen molar-refractivity contribution in [2.24, 2.45) is 5.73 Å². The van der Waals surface area contributed by atoms with Gasteiger partial charge in [-0.15, -0.1) is 0 Å². The predicted octanol–water partition coefficient (Wildman–Crippen LogP) is 0.360. The molecule has 0 unspecified atom stereocenters. The van der Waals surface area contributed by atoms with Crippen molar-refractivity contribution in [3.8, 4) is 0 Å². The molecule has 8 heavy (non-hydrogen) atoms. The highest BCUT2D eigenvalue weighted by Gasteiger charge is 1.81. The first-order valence-electron chi connectivity index (χ1n) is 2.88. The summed E-state index contributed by atoms with van der Waals surface area (Å²) in [5.41, 5.74) is 5.25. The second-order valence-corrected chi connectivity index (χ2v) is 2.66. The number of halogens is 1. The fourth-order valence-corrected chi connectivity index (χ4v) is 0.800. The smallest absolute Gasteiger partial charge is 0.00745 e. The molecular weight excluding hydrogens is 215 g/mol. The number of rotatable bonds is 5. The summed E-state index contributed by atoms with van der Waals surface area (Å²) in [5.74, 6) is 0. The Kier molecular flexibility index (Phi) is 8.27. The van der Waals surface area contributed by atoms with Gasteiger partial charge in [-0.1, -0.05) is 22.6 Å². The topological polar surface area (TPSA) is 38.0 Å². The van der Waals surface area contributed by atoms with Gasteiger partial charge in [0.2, 0.25) is 0 Å². The summed E-state index contributed by atoms with van der Waals surface area (Å²) in [5, 5.41) is 3.21. The van der Waals surface area contributed by atoms with Crippen LogP contribution in [0.4, 0.5) is 0 Å². The lowest BCUT2D eigenvalue weighted by molar-refractivity contribution is 0.684. The molecule has 0 aromatic carbocycles. The first-order valence-corrected chi connectivity index (χ1v) is 4.41. The maximum absolute atomic E-state index is 5.25. The highest BCUT2D eigenvalue weighted by atomic mass is 127. The molecule has 3 heteroatoms. The molecular formula is C5H13IN2. The summed E-state index contributed by atoms with van der Waals surface area (Å²) in [6.45, 7) is 2.82. The van der Waals surface area contributed by atoms with Crippen LogP contribution in [0.1, 0.15) is 6.42 Å². The largest absolute Gasteiger partial charge is 0.329 e. The van der Waals surface area contributed by atoms with Crippen LogP contribution in [-0.2, 0) is 0 Å². The van der Waals surface area contributed by atoms with Gasteiger partial charge in [0, 0.05) is 17.5 Å². The summed E-state index contributed by atoms with van der Waals surface area (Å²) in [6, 6.07) is 0. The van der Waals surface area contributed by atoms with Crippen molar-refractivity contribution in [1.82, 2.24) is 5.32 Å². The zero-order chi connectivity index (χ0) is 6.24. The highest BCUT2D eigenvalue weighted by molar-refractivity contribution is 14.1. The van der Waals surface area contributed by atoms with Gasteiger partial charge in [-0.2, -0.15) is 0 Å². The minimum absolute atomic E-state index is 0.751. The molecule has 0 radical (unpaired) electrons. The van der Waals surface area contributed by atoms with Gasteiger partial charge in [-0.05, 0) is 13.0 Å². The van der Waals surface area contributed by atoms with Gasteiger partial charge in [0.1, 0.15) is 0 Å². The maximum Gasteiger partial charge on any atom is 0.00745 e. The summed E-state index contributed by atoms with van der Waals surface area (Å²) < 4.78 is 1.23. The first kappa shape index (κ1) is 8.65. The predicted molar refractivity (Wildman–Crippen MR) is 45.4 cm³/mol. The number of nitrogens with one attached hydrogen (secondary N) is 1. The van der Waals surface area contributed by atoms with Crippen LogP contribution in [-0.4, -0.2) is 24.1 Å². The Morgan fingerprint density at radius 3 is 2.62 bits per heavy atom. The third kappa shape index (κ3) is 6.65. The lowest BCUT2D eigenvalue weighted by Crippen LogP contribution is -2.23. The monoisotopic (exact) mass is 228 g/mol. The Labute approximate surface area is 64.4 Å². The minimum atomic E-state index is 0.751. The third-order valence-corrected chi connectivity index (χ3v) is 1.57. The molecule has 0 rings (SSSR count). The van der Waals surface area contributed by atoms with E-state index in [0.717, 1.165) is 19.6 Å². The highest BCUT2D eigenvalue weighted by Crippen LogP contribution is 1.84. The van der Waals surface area contributed by atoms with Crippen molar-refractivity contribution >= 4 is 22.6 Å². The summed E-state index contributed by atoms with van der Waals surface area (Å²) in [4.78, 5) is 0. The Bertz CT molecular complexity index is 35.4. The van der Waals surface area contributed by atoms with E-state index >= 15 is 0 Å². The molecule has 0 fully saturated rings. The van der Waals surface area contributed by atoms with E-state index in [4.69, 9.17) is 5.73 Å². The molecule has 0 saturated carbocycles. The second-order valence-electron chi connectivity index (χ2n) is 1.58. The molecule has 0 aliphatic rings. The average Bonchev–Trinajstić information content (AvgIpc) is 1.81. The summed E-state index contributed by atoms with van der Waals surface area (Å²) in [7, 11) is 0. The van der Waals surface area contributed by atoms with Crippen molar-refractivity contribution in [3.63, 3.8) is 0 Å². The Hall–Kier alpha value is 0.650. The van der Waals surface area contributed by atoms with Gasteiger partial charge >= 0.3 is 0 Å². The lowest BCUT2D eigenvalue weighted by Gasteiger charge is -1.97. The van der Waals surface area contributed by atoms with Crippen LogP contribution in [0, 0.1) is 0 Å². The van der Waals surface area contributed by atoms with E-state index in [9.17, 15) is 0 Å². The lowest BCUT2D eigenvalue weighted by atomic mass is 10.5. The normalized spacial score (nSPS) is 9.75. The Morgan fingerprint density at radius 1 is 1.38 bits per heavy atom. The molecule has 0 spiro atoms. The van der Waals surface area contributed by atoms with Gasteiger partial charge in [0.15, 0.2) is 0 Å². The molecule has 0 amide bonds. The van der Waals surface area contributed by atoms with Crippen molar-refractivity contribution in [2.45, 2.75) is 6.42 Å². The maximum atomic E-state index is 5.25. The minimum Gasteiger partial charge on any atom is -0.329 e. The van der Waals surface area contributed by atoms with Gasteiger partial charge in [0.05, 0.1) is 0 Å². The fraction of sp³-hybridized carbons (Fsp3) is 1.00. The molecule has 0 heterocycles. The summed E-state index contributed by atoms with van der Waals surface area (Å²) in [6.07, 6.45) is 1.25. The van der Waals surface area contributed by atoms with Crippen LogP contribution in [0.15, 0.2) is 0 Å². The molecule has 0 aromatic rings. The van der Waals surface area contributed by atoms with Crippen LogP contribution in [0.25, 0.3) is 0 Å². The van der Waals surface area contributed by atoms with Crippen molar-refractivity contribution in [2.75, 3.05) is 24.1 Å². The summed E-state index contributed by atoms with van der Waals surface area (Å²) >= 11 is 2.37. The number of nitrogens with two attached hydrogens (primary N) is 1. The standard InChI is InChI=1S/C5H13IN2/c6-2-1-4-8-5-3-7/h8H,1-5,7H2. The Morgan fingerprint density at radius 2 is 2.12 bits per heavy atom. The van der Waals surface area contributed by atoms with E-state index in [1.165, 1.54) is 10.8 Å². The van der Waals surface area contributed by atoms with E-state index in [-0.39, 0.29) is 0 Å². The van der Waals surface area contributed by atoms with Crippen molar-refractivity contribution < 1.29 is 0 Å². The molecule has 3 N–H and O–H groups in total. The molecule has 2 nitrogen and oxygen atoms in total. The van der Waals surface area contributed by atoms with Crippen LogP contribution in [0.3, 0.4) is 0 Å². The van der Waals surface area contributed by atoms with Gasteiger partial charge < -0.3 is 11.1 Å². The third-order valence-electron chi connectivity index (χ3n) is 0.808. The van der Waals surface area contributed by atoms with Gasteiger partial charge in [-0.3, -0.25) is 0 Å². The zero-order valence-corrected chi connectivity index (χ0v) is 7.15. The fourth-order valence-electron chi connectivity index (χ4n) is 0.419. The van der Waals surface area contributed by atoms with Crippen molar-refractivity contribution in [1.29, 1.82) is 0 Å². The van der Waals surface area contributed by atoms with Crippen LogP contribution >= 0.6 is 22.6 Å². The first-order chi connectivity index (χ1) is 3.91. The molecule has 0 aromatic heterocycles. The second kappa shape index (κ2) is 7.65. The van der Waals surface area contributed by atoms with Gasteiger partial charge in [-0.25, -0.2) is 0 Å². The number of hydrogen-bond donors (Lipinski definition) is 2. The van der Waals surface area contributed by atoms with Crippen LogP contribution in [0.2, 0.25) is 0 Å². The van der Waals surface area contributed by atoms with Crippen molar-refractivity contribution in [3.05, 3.63) is 0 Å². The molecule has 0 aliphatic heterocycles. The molecule has 0 atom stereocenters. The Balaban J connectivity index is 2.53. The SMILES string of the molecule is NCCNCCCI. The quantitative estimate of drug-likeness (QED) is 0.405. The molecule has 0 aliphatic carbocycles. The number of alkyl halides is 1. The zero-order valence-electron chi connectivity index (χ0n) is 4.99. The average molecular weight is 228 g/mol. The van der Waals surface area contributed by atoms with Crippen LogP contribution in [0.5, 0.6) is 0 Å². The van der Waals surface area contributed by atoms with E-state index < -0.39 is 0 Å². The molecule has 0 saturated heterocycles. The van der Waals surface area contributed by atoms with E-state index in [0.29, 0.717) is 0 Å². The molecule has 50 valence electrons. The van der Waals surface area contributed by atoms with E-state index in [1.807, 2.05) is 0 Å². The van der Waals surface area contributed by atoms with Gasteiger partial charge in [0.25, 0.3) is 0 Å². The van der Waals surface area contributed by atoms with E-state index in [1.54, 1.807) is 0 Å². The van der Waals surface area contributed by atoms with Crippen LogP contribution < -0.4 is 11.1 Å².